The number of imidazole rings is 1. The molecule has 62 valence electrons. The Balaban J connectivity index is 3.08. The molecule has 0 saturated carbocycles. The maximum Gasteiger partial charge on any atom is 0.327 e. The molecule has 1 aromatic rings. The van der Waals surface area contributed by atoms with Crippen molar-refractivity contribution in [1.29, 1.82) is 0 Å². The van der Waals surface area contributed by atoms with Gasteiger partial charge >= 0.3 is 5.69 Å². The zero-order valence-electron chi connectivity index (χ0n) is 6.87. The first-order valence-corrected chi connectivity index (χ1v) is 3.58. The van der Waals surface area contributed by atoms with Gasteiger partial charge in [0.25, 0.3) is 0 Å². The zero-order valence-corrected chi connectivity index (χ0v) is 6.87. The lowest BCUT2D eigenvalue weighted by Crippen LogP contribution is -2.20. The monoisotopic (exact) mass is 155 g/mol. The van der Waals surface area contributed by atoms with Gasteiger partial charge in [-0.2, -0.15) is 0 Å². The first-order chi connectivity index (χ1) is 5.16. The van der Waals surface area contributed by atoms with E-state index in [2.05, 4.69) is 0 Å². The van der Waals surface area contributed by atoms with E-state index >= 15 is 0 Å². The van der Waals surface area contributed by atoms with Crippen molar-refractivity contribution >= 4 is 0 Å². The van der Waals surface area contributed by atoms with Gasteiger partial charge in [0, 0.05) is 32.4 Å². The third-order valence-corrected chi connectivity index (χ3v) is 1.76. The van der Waals surface area contributed by atoms with E-state index in [1.807, 2.05) is 6.20 Å². The van der Waals surface area contributed by atoms with Crippen LogP contribution in [0.4, 0.5) is 0 Å². The fourth-order valence-electron chi connectivity index (χ4n) is 1.10. The summed E-state index contributed by atoms with van der Waals surface area (Å²) in [5.74, 6) is 0. The Bertz CT molecular complexity index is 297. The lowest BCUT2D eigenvalue weighted by atomic mass is 10.3. The summed E-state index contributed by atoms with van der Waals surface area (Å²) < 4.78 is 3.18. The van der Waals surface area contributed by atoms with Gasteiger partial charge in [-0.05, 0) is 6.54 Å². The van der Waals surface area contributed by atoms with E-state index in [1.165, 1.54) is 0 Å². The normalized spacial score (nSPS) is 10.5. The molecular weight excluding hydrogens is 142 g/mol. The number of rotatable bonds is 2. The largest absolute Gasteiger partial charge is 0.330 e. The molecule has 0 aliphatic heterocycles. The van der Waals surface area contributed by atoms with Crippen LogP contribution in [0.15, 0.2) is 11.0 Å². The highest BCUT2D eigenvalue weighted by Gasteiger charge is 2.02. The van der Waals surface area contributed by atoms with E-state index in [0.717, 1.165) is 12.1 Å². The summed E-state index contributed by atoms with van der Waals surface area (Å²) in [5, 5.41) is 0. The number of hydrogen-bond acceptors (Lipinski definition) is 2. The van der Waals surface area contributed by atoms with E-state index in [1.54, 1.807) is 23.2 Å². The smallest absolute Gasteiger partial charge is 0.327 e. The molecule has 4 heteroatoms. The molecule has 0 radical (unpaired) electrons. The summed E-state index contributed by atoms with van der Waals surface area (Å²) in [6.45, 7) is 0.581. The van der Waals surface area contributed by atoms with Crippen molar-refractivity contribution in [3.63, 3.8) is 0 Å². The van der Waals surface area contributed by atoms with Gasteiger partial charge in [-0.1, -0.05) is 0 Å². The number of nitrogens with two attached hydrogens (primary N) is 1. The first kappa shape index (κ1) is 8.07. The molecule has 0 aliphatic rings. The minimum Gasteiger partial charge on any atom is -0.330 e. The number of aromatic nitrogens is 2. The van der Waals surface area contributed by atoms with Crippen molar-refractivity contribution < 1.29 is 0 Å². The third kappa shape index (κ3) is 1.35. The fraction of sp³-hybridized carbons (Fsp3) is 0.571. The topological polar surface area (TPSA) is 52.9 Å². The van der Waals surface area contributed by atoms with Gasteiger partial charge in [-0.25, -0.2) is 4.79 Å². The Labute approximate surface area is 65.2 Å². The Morgan fingerprint density at radius 3 is 2.55 bits per heavy atom. The van der Waals surface area contributed by atoms with Crippen LogP contribution in [-0.4, -0.2) is 15.7 Å². The molecule has 1 heterocycles. The average Bonchev–Trinajstić information content (AvgIpc) is 2.19. The molecule has 4 nitrogen and oxygen atoms in total. The Morgan fingerprint density at radius 1 is 1.55 bits per heavy atom. The standard InChI is InChI=1S/C7H13N3O/c1-9-5-6(3-4-8)10(2)7(9)11/h5H,3-4,8H2,1-2H3. The van der Waals surface area contributed by atoms with Crippen molar-refractivity contribution in [3.05, 3.63) is 22.4 Å². The van der Waals surface area contributed by atoms with Crippen molar-refractivity contribution in [2.24, 2.45) is 19.8 Å². The van der Waals surface area contributed by atoms with E-state index in [0.29, 0.717) is 6.54 Å². The van der Waals surface area contributed by atoms with Gasteiger partial charge in [-0.3, -0.25) is 4.57 Å². The third-order valence-electron chi connectivity index (χ3n) is 1.76. The summed E-state index contributed by atoms with van der Waals surface area (Å²) in [4.78, 5) is 11.1. The highest BCUT2D eigenvalue weighted by Crippen LogP contribution is 1.93. The van der Waals surface area contributed by atoms with Gasteiger partial charge in [0.2, 0.25) is 0 Å². The summed E-state index contributed by atoms with van der Waals surface area (Å²) in [6, 6.07) is 0. The molecule has 1 rings (SSSR count). The summed E-state index contributed by atoms with van der Waals surface area (Å²) in [6.07, 6.45) is 2.57. The van der Waals surface area contributed by atoms with Crippen LogP contribution in [0.1, 0.15) is 5.69 Å². The van der Waals surface area contributed by atoms with E-state index < -0.39 is 0 Å². The van der Waals surface area contributed by atoms with Crippen LogP contribution in [-0.2, 0) is 20.5 Å². The fourth-order valence-corrected chi connectivity index (χ4v) is 1.10. The van der Waals surface area contributed by atoms with Crippen molar-refractivity contribution in [2.45, 2.75) is 6.42 Å². The van der Waals surface area contributed by atoms with E-state index in [-0.39, 0.29) is 5.69 Å². The van der Waals surface area contributed by atoms with Crippen LogP contribution in [0.2, 0.25) is 0 Å². The number of nitrogens with zero attached hydrogens (tertiary/aromatic N) is 2. The summed E-state index contributed by atoms with van der Waals surface area (Å²) >= 11 is 0. The second-order valence-electron chi connectivity index (χ2n) is 2.61. The first-order valence-electron chi connectivity index (χ1n) is 3.58. The van der Waals surface area contributed by atoms with Gasteiger partial charge < -0.3 is 10.3 Å². The molecule has 0 amide bonds. The second kappa shape index (κ2) is 2.92. The lowest BCUT2D eigenvalue weighted by molar-refractivity contribution is 0.746. The molecule has 0 fully saturated rings. The Morgan fingerprint density at radius 2 is 2.18 bits per heavy atom. The molecular formula is C7H13N3O. The average molecular weight is 155 g/mol. The lowest BCUT2D eigenvalue weighted by Gasteiger charge is -1.95. The van der Waals surface area contributed by atoms with Crippen LogP contribution in [0.25, 0.3) is 0 Å². The summed E-state index contributed by atoms with van der Waals surface area (Å²) in [7, 11) is 3.50. The molecule has 0 aliphatic carbocycles. The predicted molar refractivity (Wildman–Crippen MR) is 43.4 cm³/mol. The quantitative estimate of drug-likeness (QED) is 0.609. The zero-order chi connectivity index (χ0) is 8.43. The van der Waals surface area contributed by atoms with Gasteiger partial charge in [0.1, 0.15) is 0 Å². The molecule has 1 aromatic heterocycles. The van der Waals surface area contributed by atoms with Crippen LogP contribution in [0.3, 0.4) is 0 Å². The van der Waals surface area contributed by atoms with Gasteiger partial charge in [0.05, 0.1) is 0 Å². The maximum absolute atomic E-state index is 11.1. The SMILES string of the molecule is Cn1cc(CCN)n(C)c1=O. The van der Waals surface area contributed by atoms with Crippen LogP contribution in [0.5, 0.6) is 0 Å². The second-order valence-corrected chi connectivity index (χ2v) is 2.61. The molecule has 0 saturated heterocycles. The molecule has 0 aromatic carbocycles. The molecule has 0 unspecified atom stereocenters. The minimum absolute atomic E-state index is 0.00782. The van der Waals surface area contributed by atoms with Gasteiger partial charge in [-0.15, -0.1) is 0 Å². The van der Waals surface area contributed by atoms with Crippen molar-refractivity contribution in [3.8, 4) is 0 Å². The molecule has 11 heavy (non-hydrogen) atoms. The molecule has 0 spiro atoms. The van der Waals surface area contributed by atoms with Crippen LogP contribution in [0, 0.1) is 0 Å². The van der Waals surface area contributed by atoms with Gasteiger partial charge in [0.15, 0.2) is 0 Å². The van der Waals surface area contributed by atoms with E-state index in [9.17, 15) is 4.79 Å². The van der Waals surface area contributed by atoms with Crippen LogP contribution >= 0.6 is 0 Å². The Hall–Kier alpha value is -1.03. The minimum atomic E-state index is 0.00782. The maximum atomic E-state index is 11.1. The number of aryl methyl sites for hydroxylation is 1. The predicted octanol–water partition coefficient (Wildman–Crippen LogP) is -0.775. The summed E-state index contributed by atoms with van der Waals surface area (Å²) in [5.41, 5.74) is 6.36. The van der Waals surface area contributed by atoms with Crippen LogP contribution < -0.4 is 11.4 Å². The molecule has 0 atom stereocenters. The van der Waals surface area contributed by atoms with Crippen molar-refractivity contribution in [1.82, 2.24) is 9.13 Å². The molecule has 2 N–H and O–H groups in total. The van der Waals surface area contributed by atoms with E-state index in [4.69, 9.17) is 5.73 Å². The Kier molecular flexibility index (Phi) is 2.14. The number of hydrogen-bond donors (Lipinski definition) is 1. The highest BCUT2D eigenvalue weighted by atomic mass is 16.1. The molecule has 0 bridgehead atoms. The highest BCUT2D eigenvalue weighted by molar-refractivity contribution is 4.99. The van der Waals surface area contributed by atoms with Crippen molar-refractivity contribution in [2.75, 3.05) is 6.54 Å².